The second-order valence-corrected chi connectivity index (χ2v) is 7.85. The molecule has 0 fully saturated rings. The van der Waals surface area contributed by atoms with Crippen molar-refractivity contribution in [1.82, 2.24) is 5.32 Å². The first kappa shape index (κ1) is 23.0. The van der Waals surface area contributed by atoms with Crippen molar-refractivity contribution in [3.05, 3.63) is 66.7 Å². The minimum atomic E-state index is -3.80. The number of amides is 1. The minimum absolute atomic E-state index is 0.0776. The van der Waals surface area contributed by atoms with Crippen LogP contribution < -0.4 is 14.8 Å². The highest BCUT2D eigenvalue weighted by atomic mass is 32.2. The molecule has 0 aromatic heterocycles. The van der Waals surface area contributed by atoms with Crippen molar-refractivity contribution in [1.29, 1.82) is 0 Å². The van der Waals surface area contributed by atoms with E-state index in [1.54, 1.807) is 12.1 Å². The SMILES string of the molecule is C=CCNC(=O)C(C)OC(=O)c1ccc(NS(=O)(=O)c2ccc(OCC)cc2)cc1. The number of rotatable bonds is 10. The van der Waals surface area contributed by atoms with E-state index < -0.39 is 28.0 Å². The van der Waals surface area contributed by atoms with E-state index in [-0.39, 0.29) is 22.7 Å². The van der Waals surface area contributed by atoms with Crippen LogP contribution in [-0.2, 0) is 19.6 Å². The summed E-state index contributed by atoms with van der Waals surface area (Å²) in [7, 11) is -3.80. The lowest BCUT2D eigenvalue weighted by atomic mass is 10.2. The molecule has 1 atom stereocenters. The van der Waals surface area contributed by atoms with Gasteiger partial charge in [-0.15, -0.1) is 6.58 Å². The van der Waals surface area contributed by atoms with Crippen LogP contribution in [0.1, 0.15) is 24.2 Å². The standard InChI is InChI=1S/C21H24N2O6S/c1-4-14-22-20(24)15(3)29-21(25)16-6-8-17(9-7-16)23-30(26,27)19-12-10-18(11-13-19)28-5-2/h4,6-13,15,23H,1,5,14H2,2-3H3,(H,22,24). The molecule has 0 aliphatic rings. The van der Waals surface area contributed by atoms with Gasteiger partial charge >= 0.3 is 5.97 Å². The number of hydrogen-bond donors (Lipinski definition) is 2. The van der Waals surface area contributed by atoms with Crippen LogP contribution in [-0.4, -0.2) is 39.5 Å². The molecule has 0 aliphatic heterocycles. The Hall–Kier alpha value is -3.33. The van der Waals surface area contributed by atoms with Crippen LogP contribution in [0.4, 0.5) is 5.69 Å². The average Bonchev–Trinajstić information content (AvgIpc) is 2.72. The highest BCUT2D eigenvalue weighted by Gasteiger charge is 2.19. The van der Waals surface area contributed by atoms with E-state index in [4.69, 9.17) is 9.47 Å². The average molecular weight is 432 g/mol. The fourth-order valence-electron chi connectivity index (χ4n) is 2.37. The lowest BCUT2D eigenvalue weighted by Crippen LogP contribution is -2.35. The summed E-state index contributed by atoms with van der Waals surface area (Å²) in [5, 5.41) is 2.53. The first-order valence-electron chi connectivity index (χ1n) is 9.22. The zero-order valence-electron chi connectivity index (χ0n) is 16.8. The van der Waals surface area contributed by atoms with Gasteiger partial charge in [0, 0.05) is 12.2 Å². The molecule has 160 valence electrons. The van der Waals surface area contributed by atoms with Crippen molar-refractivity contribution in [2.24, 2.45) is 0 Å². The second kappa shape index (κ2) is 10.4. The van der Waals surface area contributed by atoms with E-state index in [1.807, 2.05) is 6.92 Å². The van der Waals surface area contributed by atoms with Gasteiger partial charge in [-0.1, -0.05) is 6.08 Å². The molecule has 2 aromatic rings. The fourth-order valence-corrected chi connectivity index (χ4v) is 3.43. The van der Waals surface area contributed by atoms with E-state index in [9.17, 15) is 18.0 Å². The molecule has 0 bridgehead atoms. The number of sulfonamides is 1. The molecule has 0 aliphatic carbocycles. The molecule has 2 aromatic carbocycles. The predicted molar refractivity (Wildman–Crippen MR) is 113 cm³/mol. The molecule has 0 heterocycles. The van der Waals surface area contributed by atoms with Gasteiger partial charge in [0.05, 0.1) is 17.1 Å². The van der Waals surface area contributed by atoms with Gasteiger partial charge in [-0.25, -0.2) is 13.2 Å². The first-order valence-corrected chi connectivity index (χ1v) is 10.7. The Morgan fingerprint density at radius 3 is 2.30 bits per heavy atom. The summed E-state index contributed by atoms with van der Waals surface area (Å²) in [4.78, 5) is 24.0. The molecular weight excluding hydrogens is 408 g/mol. The lowest BCUT2D eigenvalue weighted by Gasteiger charge is -2.13. The smallest absolute Gasteiger partial charge is 0.338 e. The highest BCUT2D eigenvalue weighted by Crippen LogP contribution is 2.20. The Balaban J connectivity index is 2.01. The molecule has 1 unspecified atom stereocenters. The lowest BCUT2D eigenvalue weighted by molar-refractivity contribution is -0.128. The monoisotopic (exact) mass is 432 g/mol. The van der Waals surface area contributed by atoms with Gasteiger partial charge in [-0.3, -0.25) is 9.52 Å². The van der Waals surface area contributed by atoms with Gasteiger partial charge in [0.1, 0.15) is 5.75 Å². The summed E-state index contributed by atoms with van der Waals surface area (Å²) >= 11 is 0. The van der Waals surface area contributed by atoms with E-state index in [1.165, 1.54) is 49.4 Å². The van der Waals surface area contributed by atoms with Crippen molar-refractivity contribution in [3.8, 4) is 5.75 Å². The van der Waals surface area contributed by atoms with Crippen molar-refractivity contribution in [2.75, 3.05) is 17.9 Å². The highest BCUT2D eigenvalue weighted by molar-refractivity contribution is 7.92. The largest absolute Gasteiger partial charge is 0.494 e. The number of ether oxygens (including phenoxy) is 2. The maximum absolute atomic E-state index is 12.5. The summed E-state index contributed by atoms with van der Waals surface area (Å²) in [5.74, 6) is -0.563. The molecule has 1 amide bonds. The Morgan fingerprint density at radius 2 is 1.73 bits per heavy atom. The number of anilines is 1. The third kappa shape index (κ3) is 6.35. The Morgan fingerprint density at radius 1 is 1.10 bits per heavy atom. The number of esters is 1. The maximum Gasteiger partial charge on any atom is 0.338 e. The van der Waals surface area contributed by atoms with Gasteiger partial charge in [0.15, 0.2) is 6.10 Å². The third-order valence-electron chi connectivity index (χ3n) is 3.89. The summed E-state index contributed by atoms with van der Waals surface area (Å²) in [5.41, 5.74) is 0.458. The van der Waals surface area contributed by atoms with Crippen molar-refractivity contribution in [2.45, 2.75) is 24.8 Å². The quantitative estimate of drug-likeness (QED) is 0.441. The normalized spacial score (nSPS) is 11.8. The Kier molecular flexibility index (Phi) is 7.99. The topological polar surface area (TPSA) is 111 Å². The van der Waals surface area contributed by atoms with Crippen LogP contribution in [0.25, 0.3) is 0 Å². The molecule has 2 rings (SSSR count). The van der Waals surface area contributed by atoms with Gasteiger partial charge < -0.3 is 14.8 Å². The predicted octanol–water partition coefficient (Wildman–Crippen LogP) is 2.73. The van der Waals surface area contributed by atoms with Crippen LogP contribution in [0.2, 0.25) is 0 Å². The van der Waals surface area contributed by atoms with Crippen LogP contribution in [0.15, 0.2) is 66.1 Å². The third-order valence-corrected chi connectivity index (χ3v) is 5.29. The molecule has 0 radical (unpaired) electrons. The zero-order chi connectivity index (χ0) is 22.1. The summed E-state index contributed by atoms with van der Waals surface area (Å²) in [6, 6.07) is 11.7. The molecule has 0 saturated heterocycles. The summed E-state index contributed by atoms with van der Waals surface area (Å²) in [6.45, 7) is 7.53. The van der Waals surface area contributed by atoms with Gasteiger partial charge in [0.25, 0.3) is 15.9 Å². The maximum atomic E-state index is 12.5. The van der Waals surface area contributed by atoms with Gasteiger partial charge in [-0.2, -0.15) is 0 Å². The molecule has 30 heavy (non-hydrogen) atoms. The number of hydrogen-bond acceptors (Lipinski definition) is 6. The number of carbonyl (C=O) groups excluding carboxylic acids is 2. The number of benzene rings is 2. The van der Waals surface area contributed by atoms with E-state index in [0.717, 1.165) is 0 Å². The Labute approximate surface area is 175 Å². The molecule has 8 nitrogen and oxygen atoms in total. The van der Waals surface area contributed by atoms with Crippen LogP contribution in [0.5, 0.6) is 5.75 Å². The Bertz CT molecular complexity index is 985. The molecule has 0 spiro atoms. The van der Waals surface area contributed by atoms with Gasteiger partial charge in [0.2, 0.25) is 0 Å². The molecular formula is C21H24N2O6S. The van der Waals surface area contributed by atoms with Crippen LogP contribution in [0.3, 0.4) is 0 Å². The summed E-state index contributed by atoms with van der Waals surface area (Å²) < 4.78 is 37.8. The zero-order valence-corrected chi connectivity index (χ0v) is 17.6. The van der Waals surface area contributed by atoms with Crippen molar-refractivity contribution in [3.63, 3.8) is 0 Å². The minimum Gasteiger partial charge on any atom is -0.494 e. The van der Waals surface area contributed by atoms with Crippen LogP contribution >= 0.6 is 0 Å². The molecule has 9 heteroatoms. The van der Waals surface area contributed by atoms with E-state index in [0.29, 0.717) is 12.4 Å². The van der Waals surface area contributed by atoms with Crippen molar-refractivity contribution >= 4 is 27.6 Å². The molecule has 2 N–H and O–H groups in total. The second-order valence-electron chi connectivity index (χ2n) is 6.17. The van der Waals surface area contributed by atoms with E-state index >= 15 is 0 Å². The summed E-state index contributed by atoms with van der Waals surface area (Å²) in [6.07, 6.45) is 0.537. The van der Waals surface area contributed by atoms with Crippen molar-refractivity contribution < 1.29 is 27.5 Å². The number of nitrogens with one attached hydrogen (secondary N) is 2. The molecule has 0 saturated carbocycles. The van der Waals surface area contributed by atoms with Gasteiger partial charge in [-0.05, 0) is 62.4 Å². The van der Waals surface area contributed by atoms with Crippen LogP contribution in [0, 0.1) is 0 Å². The first-order chi connectivity index (χ1) is 14.3. The number of carbonyl (C=O) groups is 2. The van der Waals surface area contributed by atoms with E-state index in [2.05, 4.69) is 16.6 Å². The fraction of sp³-hybridized carbons (Fsp3) is 0.238.